The van der Waals surface area contributed by atoms with Crippen LogP contribution in [-0.4, -0.2) is 69.8 Å². The summed E-state index contributed by atoms with van der Waals surface area (Å²) in [7, 11) is 0. The Bertz CT molecular complexity index is 2080. The molecule has 0 saturated carbocycles. The minimum absolute atomic E-state index is 0.0284. The Kier molecular flexibility index (Phi) is 8.43. The van der Waals surface area contributed by atoms with Gasteiger partial charge in [-0.1, -0.05) is 47.5 Å². The van der Waals surface area contributed by atoms with E-state index in [2.05, 4.69) is 15.2 Å². The van der Waals surface area contributed by atoms with E-state index in [9.17, 15) is 32.7 Å². The number of aliphatic hydroxyl groups is 1. The molecular formula is C30H20Cl2F5N7O4. The van der Waals surface area contributed by atoms with Crippen molar-refractivity contribution in [3.05, 3.63) is 116 Å². The number of rotatable bonds is 9. The fourth-order valence-corrected chi connectivity index (χ4v) is 5.38. The fraction of sp³-hybridized carbons (Fsp3) is 0.200. The maximum absolute atomic E-state index is 16.1. The van der Waals surface area contributed by atoms with E-state index in [0.717, 1.165) is 0 Å². The van der Waals surface area contributed by atoms with Crippen molar-refractivity contribution >= 4 is 35.0 Å². The molecule has 48 heavy (non-hydrogen) atoms. The van der Waals surface area contributed by atoms with Gasteiger partial charge in [0, 0.05) is 10.6 Å². The Morgan fingerprint density at radius 2 is 1.42 bits per heavy atom. The first kappa shape index (κ1) is 33.0. The summed E-state index contributed by atoms with van der Waals surface area (Å²) in [5, 5.41) is 18.2. The van der Waals surface area contributed by atoms with E-state index in [1.165, 1.54) is 72.8 Å². The number of carbonyl (C=O) groups excluding carboxylic acids is 2. The number of halogens is 7. The molecule has 5 aromatic rings. The van der Waals surface area contributed by atoms with E-state index in [4.69, 9.17) is 23.2 Å². The smallest absolute Gasteiger partial charge is 0.382 e. The van der Waals surface area contributed by atoms with Crippen LogP contribution in [-0.2, 0) is 19.0 Å². The topological polar surface area (TPSA) is 128 Å². The Morgan fingerprint density at radius 1 is 0.812 bits per heavy atom. The second kappa shape index (κ2) is 12.3. The third-order valence-electron chi connectivity index (χ3n) is 7.34. The van der Waals surface area contributed by atoms with Crippen molar-refractivity contribution in [1.29, 1.82) is 0 Å². The van der Waals surface area contributed by atoms with Gasteiger partial charge in [0.1, 0.15) is 13.1 Å². The molecule has 0 unspecified atom stereocenters. The number of carbonyl (C=O) groups is 2. The minimum atomic E-state index is -5.08. The Hall–Kier alpha value is -4.93. The summed E-state index contributed by atoms with van der Waals surface area (Å²) in [6.45, 7) is -3.37. The lowest BCUT2D eigenvalue weighted by molar-refractivity contribution is -0.207. The zero-order valence-electron chi connectivity index (χ0n) is 24.1. The van der Waals surface area contributed by atoms with E-state index in [1.807, 2.05) is 0 Å². The number of nitrogens with zero attached hydrogens (tertiary/aromatic N) is 7. The zero-order chi connectivity index (χ0) is 34.5. The molecule has 1 N–H and O–H groups in total. The maximum Gasteiger partial charge on any atom is 0.416 e. The average Bonchev–Trinajstić information content (AvgIpc) is 3.67. The van der Waals surface area contributed by atoms with Gasteiger partial charge < -0.3 is 5.11 Å². The zero-order valence-corrected chi connectivity index (χ0v) is 25.6. The molecule has 11 nitrogen and oxygen atoms in total. The van der Waals surface area contributed by atoms with Gasteiger partial charge in [-0.05, 0) is 48.5 Å². The highest BCUT2D eigenvalue weighted by atomic mass is 35.5. The van der Waals surface area contributed by atoms with Gasteiger partial charge in [0.05, 0.1) is 28.4 Å². The van der Waals surface area contributed by atoms with Crippen LogP contribution in [0, 0.1) is 0 Å². The summed E-state index contributed by atoms with van der Waals surface area (Å²) in [6, 6.07) is 16.9. The van der Waals surface area contributed by atoms with Crippen molar-refractivity contribution in [2.45, 2.75) is 31.3 Å². The van der Waals surface area contributed by atoms with Crippen LogP contribution in [0.5, 0.6) is 0 Å². The summed E-state index contributed by atoms with van der Waals surface area (Å²) in [4.78, 5) is 43.4. The number of para-hydroxylation sites is 1. The third-order valence-corrected chi connectivity index (χ3v) is 7.92. The second-order valence-corrected chi connectivity index (χ2v) is 11.4. The van der Waals surface area contributed by atoms with E-state index < -0.39 is 67.0 Å². The number of fused-ring (bicyclic) bond motifs is 1. The van der Waals surface area contributed by atoms with Crippen molar-refractivity contribution in [2.24, 2.45) is 0 Å². The monoisotopic (exact) mass is 707 g/mol. The molecule has 1 atom stereocenters. The summed E-state index contributed by atoms with van der Waals surface area (Å²) in [5.74, 6) is -7.70. The summed E-state index contributed by atoms with van der Waals surface area (Å²) < 4.78 is 74.0. The number of hydrogen-bond acceptors (Lipinski definition) is 7. The summed E-state index contributed by atoms with van der Waals surface area (Å²) in [6.07, 6.45) is -8.02. The number of imide groups is 1. The third kappa shape index (κ3) is 6.09. The lowest BCUT2D eigenvalue weighted by atomic mass is 10.1. The molecule has 2 amide bonds. The highest BCUT2D eigenvalue weighted by Gasteiger charge is 2.47. The van der Waals surface area contributed by atoms with Crippen molar-refractivity contribution < 1.29 is 36.6 Å². The van der Waals surface area contributed by atoms with Gasteiger partial charge in [-0.25, -0.2) is 19.1 Å². The number of aromatic nitrogens is 6. The second-order valence-electron chi connectivity index (χ2n) is 10.6. The lowest BCUT2D eigenvalue weighted by Crippen LogP contribution is -2.40. The fourth-order valence-electron chi connectivity index (χ4n) is 5.03. The molecule has 18 heteroatoms. The quantitative estimate of drug-likeness (QED) is 0.170. The van der Waals surface area contributed by atoms with Gasteiger partial charge in [0.2, 0.25) is 5.82 Å². The predicted octanol–water partition coefficient (Wildman–Crippen LogP) is 4.96. The SMILES string of the molecule is O=C1c2ccccc2C(=O)N1CC(F)(F)c1nc(Cn2nc(-c3ccc(Cl)cc3)n(C[C@H](O)C(F)(F)F)c2=O)nn1-c1ccccc1Cl. The molecule has 0 saturated heterocycles. The molecule has 0 bridgehead atoms. The van der Waals surface area contributed by atoms with Crippen LogP contribution in [0.2, 0.25) is 10.0 Å². The van der Waals surface area contributed by atoms with Crippen LogP contribution in [0.25, 0.3) is 17.1 Å². The molecule has 1 aliphatic heterocycles. The Morgan fingerprint density at radius 3 is 2.02 bits per heavy atom. The first-order valence-electron chi connectivity index (χ1n) is 13.9. The lowest BCUT2D eigenvalue weighted by Gasteiger charge is -2.22. The van der Waals surface area contributed by atoms with Gasteiger partial charge in [0.15, 0.2) is 17.8 Å². The molecule has 1 aliphatic rings. The average molecular weight is 708 g/mol. The van der Waals surface area contributed by atoms with Gasteiger partial charge in [-0.2, -0.15) is 22.0 Å². The van der Waals surface area contributed by atoms with Gasteiger partial charge in [-0.3, -0.25) is 19.1 Å². The molecule has 248 valence electrons. The van der Waals surface area contributed by atoms with Crippen LogP contribution in [0.4, 0.5) is 22.0 Å². The van der Waals surface area contributed by atoms with Crippen LogP contribution in [0.3, 0.4) is 0 Å². The van der Waals surface area contributed by atoms with Crippen molar-refractivity contribution in [2.75, 3.05) is 6.54 Å². The highest BCUT2D eigenvalue weighted by molar-refractivity contribution is 6.32. The molecule has 0 spiro atoms. The van der Waals surface area contributed by atoms with Crippen molar-refractivity contribution in [1.82, 2.24) is 34.0 Å². The van der Waals surface area contributed by atoms with Gasteiger partial charge >= 0.3 is 17.8 Å². The number of hydrogen-bond donors (Lipinski definition) is 1. The van der Waals surface area contributed by atoms with E-state index in [0.29, 0.717) is 18.8 Å². The molecule has 2 aromatic heterocycles. The van der Waals surface area contributed by atoms with Crippen LogP contribution < -0.4 is 5.69 Å². The Balaban J connectivity index is 1.41. The first-order valence-corrected chi connectivity index (χ1v) is 14.6. The standard InChI is InChI=1S/C30H20Cl2F5N7O4/c31-17-11-9-16(10-12-17)24-40-43(28(48)41(24)13-22(45)30(35,36)37)14-23-38-27(44(39-23)21-8-4-3-7-20(21)32)29(33,34)15-42-25(46)18-5-1-2-6-19(18)26(42)47/h1-12,22,45H,13-15H2/t22-/m0/s1. The molecular weight excluding hydrogens is 688 g/mol. The normalized spacial score (nSPS) is 14.1. The summed E-state index contributed by atoms with van der Waals surface area (Å²) in [5.41, 5.74) is -1.14. The first-order chi connectivity index (χ1) is 22.7. The van der Waals surface area contributed by atoms with Crippen LogP contribution >= 0.6 is 23.2 Å². The Labute approximate surface area is 276 Å². The predicted molar refractivity (Wildman–Crippen MR) is 160 cm³/mol. The van der Waals surface area contributed by atoms with E-state index >= 15 is 8.78 Å². The number of alkyl halides is 5. The van der Waals surface area contributed by atoms with E-state index in [1.54, 1.807) is 0 Å². The molecule has 0 aliphatic carbocycles. The van der Waals surface area contributed by atoms with Crippen LogP contribution in [0.1, 0.15) is 32.4 Å². The van der Waals surface area contributed by atoms with Crippen LogP contribution in [0.15, 0.2) is 77.6 Å². The maximum atomic E-state index is 16.1. The highest BCUT2D eigenvalue weighted by Crippen LogP contribution is 2.34. The number of amides is 2. The van der Waals surface area contributed by atoms with Crippen molar-refractivity contribution in [3.63, 3.8) is 0 Å². The molecule has 0 fully saturated rings. The number of benzene rings is 3. The minimum Gasteiger partial charge on any atom is -0.382 e. The van der Waals surface area contributed by atoms with Gasteiger partial charge in [-0.15, -0.1) is 10.2 Å². The number of aliphatic hydroxyl groups excluding tert-OH is 1. The molecule has 6 rings (SSSR count). The van der Waals surface area contributed by atoms with E-state index in [-0.39, 0.29) is 38.2 Å². The van der Waals surface area contributed by atoms with Gasteiger partial charge in [0.25, 0.3) is 11.8 Å². The summed E-state index contributed by atoms with van der Waals surface area (Å²) >= 11 is 12.2. The molecule has 3 heterocycles. The largest absolute Gasteiger partial charge is 0.416 e. The van der Waals surface area contributed by atoms with Crippen molar-refractivity contribution in [3.8, 4) is 17.1 Å². The molecule has 3 aromatic carbocycles. The molecule has 0 radical (unpaired) electrons.